The maximum absolute atomic E-state index is 13.2. The summed E-state index contributed by atoms with van der Waals surface area (Å²) in [7, 11) is 0. The third-order valence-electron chi connectivity index (χ3n) is 7.78. The Labute approximate surface area is 198 Å². The molecule has 0 aromatic carbocycles. The highest BCUT2D eigenvalue weighted by atomic mass is 32.1. The quantitative estimate of drug-likeness (QED) is 0.743. The summed E-state index contributed by atoms with van der Waals surface area (Å²) in [4.78, 5) is 52.9. The normalized spacial score (nSPS) is 21.6. The third kappa shape index (κ3) is 4.45. The highest BCUT2D eigenvalue weighted by Crippen LogP contribution is 2.30. The topological polar surface area (TPSA) is 89.6 Å². The molecule has 2 amide bonds. The molecule has 3 fully saturated rings. The lowest BCUT2D eigenvalue weighted by Crippen LogP contribution is -2.54. The second kappa shape index (κ2) is 9.54. The molecule has 9 heteroatoms. The molecular weight excluding hydrogens is 438 g/mol. The molecule has 0 spiro atoms. The summed E-state index contributed by atoms with van der Waals surface area (Å²) in [6.07, 6.45) is 9.46. The van der Waals surface area contributed by atoms with Crippen molar-refractivity contribution in [2.45, 2.75) is 57.9 Å². The Morgan fingerprint density at radius 3 is 2.33 bits per heavy atom. The molecule has 0 atom stereocenters. The van der Waals surface area contributed by atoms with E-state index in [1.165, 1.54) is 49.8 Å². The summed E-state index contributed by atoms with van der Waals surface area (Å²) in [5, 5.41) is 0.503. The number of carbonyl (C=O) groups is 2. The minimum absolute atomic E-state index is 0.00305. The zero-order chi connectivity index (χ0) is 22.9. The fraction of sp³-hybridized carbons (Fsp3) is 0.667. The molecule has 1 aliphatic carbocycles. The van der Waals surface area contributed by atoms with E-state index in [4.69, 9.17) is 0 Å². The van der Waals surface area contributed by atoms with E-state index in [2.05, 4.69) is 19.8 Å². The van der Waals surface area contributed by atoms with Gasteiger partial charge in [-0.2, -0.15) is 0 Å². The number of likely N-dealkylation sites (tertiary alicyclic amines) is 1. The van der Waals surface area contributed by atoms with E-state index >= 15 is 0 Å². The van der Waals surface area contributed by atoms with Crippen LogP contribution in [0.1, 0.15) is 60.2 Å². The van der Waals surface area contributed by atoms with Gasteiger partial charge in [-0.25, -0.2) is 4.98 Å². The lowest BCUT2D eigenvalue weighted by molar-refractivity contribution is -0.139. The monoisotopic (exact) mass is 471 g/mol. The van der Waals surface area contributed by atoms with Crippen molar-refractivity contribution >= 4 is 33.4 Å². The first kappa shape index (κ1) is 22.5. The van der Waals surface area contributed by atoms with Crippen LogP contribution in [0.4, 0.5) is 0 Å². The molecule has 5 rings (SSSR count). The van der Waals surface area contributed by atoms with Crippen LogP contribution in [0, 0.1) is 12.8 Å². The summed E-state index contributed by atoms with van der Waals surface area (Å²) in [5.41, 5.74) is 0.490. The first-order valence-electron chi connectivity index (χ1n) is 12.3. The number of H-pyrrole nitrogens is 1. The van der Waals surface area contributed by atoms with Crippen molar-refractivity contribution in [1.29, 1.82) is 0 Å². The van der Waals surface area contributed by atoms with Crippen LogP contribution in [0.25, 0.3) is 10.2 Å². The second-order valence-electron chi connectivity index (χ2n) is 9.69. The molecular formula is C24H33N5O3S. The zero-order valence-electron chi connectivity index (χ0n) is 19.3. The number of fused-ring (bicyclic) bond motifs is 1. The predicted molar refractivity (Wildman–Crippen MR) is 129 cm³/mol. The molecule has 2 aromatic heterocycles. The Hall–Kier alpha value is -2.26. The summed E-state index contributed by atoms with van der Waals surface area (Å²) in [6.45, 7) is 6.61. The van der Waals surface area contributed by atoms with E-state index in [0.717, 1.165) is 26.2 Å². The lowest BCUT2D eigenvalue weighted by Gasteiger charge is -2.42. The molecule has 3 aliphatic rings. The number of thiophene rings is 1. The van der Waals surface area contributed by atoms with E-state index < -0.39 is 0 Å². The Morgan fingerprint density at radius 2 is 1.67 bits per heavy atom. The van der Waals surface area contributed by atoms with E-state index in [1.54, 1.807) is 0 Å². The molecule has 178 valence electrons. The lowest BCUT2D eigenvalue weighted by atomic mass is 9.93. The first-order valence-corrected chi connectivity index (χ1v) is 13.1. The first-order chi connectivity index (χ1) is 16.0. The van der Waals surface area contributed by atoms with Gasteiger partial charge in [-0.05, 0) is 38.2 Å². The highest BCUT2D eigenvalue weighted by molar-refractivity contribution is 7.20. The van der Waals surface area contributed by atoms with Crippen LogP contribution >= 0.6 is 11.3 Å². The van der Waals surface area contributed by atoms with Crippen LogP contribution in [0.5, 0.6) is 0 Å². The van der Waals surface area contributed by atoms with Crippen molar-refractivity contribution in [2.75, 3.05) is 39.3 Å². The predicted octanol–water partition coefficient (Wildman–Crippen LogP) is 2.62. The van der Waals surface area contributed by atoms with E-state index in [1.807, 2.05) is 11.8 Å². The molecule has 4 heterocycles. The smallest absolute Gasteiger partial charge is 0.264 e. The Bertz CT molecular complexity index is 1070. The van der Waals surface area contributed by atoms with Gasteiger partial charge < -0.3 is 14.8 Å². The van der Waals surface area contributed by atoms with Gasteiger partial charge in [-0.1, -0.05) is 19.3 Å². The zero-order valence-corrected chi connectivity index (χ0v) is 20.2. The van der Waals surface area contributed by atoms with Crippen molar-refractivity contribution in [1.82, 2.24) is 24.7 Å². The number of rotatable bonds is 3. The number of hydrogen-bond donors (Lipinski definition) is 1. The number of piperazine rings is 1. The maximum atomic E-state index is 13.2. The summed E-state index contributed by atoms with van der Waals surface area (Å²) >= 11 is 1.28. The average Bonchev–Trinajstić information content (AvgIpc) is 3.21. The molecule has 0 bridgehead atoms. The van der Waals surface area contributed by atoms with Crippen LogP contribution in [-0.4, -0.2) is 81.8 Å². The van der Waals surface area contributed by atoms with Crippen molar-refractivity contribution < 1.29 is 9.59 Å². The van der Waals surface area contributed by atoms with E-state index in [0.29, 0.717) is 52.6 Å². The summed E-state index contributed by atoms with van der Waals surface area (Å²) < 4.78 is 0. The van der Waals surface area contributed by atoms with Crippen molar-refractivity contribution in [3.8, 4) is 0 Å². The second-order valence-corrected chi connectivity index (χ2v) is 10.7. The Morgan fingerprint density at radius 1 is 0.970 bits per heavy atom. The molecule has 33 heavy (non-hydrogen) atoms. The number of aryl methyl sites for hydroxylation is 1. The largest absolute Gasteiger partial charge is 0.340 e. The van der Waals surface area contributed by atoms with Crippen LogP contribution in [0.2, 0.25) is 0 Å². The third-order valence-corrected chi connectivity index (χ3v) is 8.96. The Balaban J connectivity index is 1.15. The average molecular weight is 472 g/mol. The standard InChI is InChI=1S/C24H33N5O3S/c1-16-19-21(30)25-15-26-22(19)33-20(16)24(32)28-9-7-17(8-10-28)23(31)29-13-11-27(12-14-29)18-5-3-2-4-6-18/h15,17-18H,2-14H2,1H3,(H,25,26,30). The highest BCUT2D eigenvalue weighted by Gasteiger charge is 2.34. The van der Waals surface area contributed by atoms with Crippen LogP contribution in [0.3, 0.4) is 0 Å². The molecule has 2 aromatic rings. The minimum atomic E-state index is -0.208. The van der Waals surface area contributed by atoms with E-state index in [9.17, 15) is 14.4 Å². The SMILES string of the molecule is Cc1c(C(=O)N2CCC(C(=O)N3CCN(C4CCCCC4)CC3)CC2)sc2nc[nH]c(=O)c12. The van der Waals surface area contributed by atoms with Gasteiger partial charge in [-0.15, -0.1) is 11.3 Å². The number of nitrogens with one attached hydrogen (secondary N) is 1. The minimum Gasteiger partial charge on any atom is -0.340 e. The van der Waals surface area contributed by atoms with E-state index in [-0.39, 0.29) is 23.3 Å². The van der Waals surface area contributed by atoms with Gasteiger partial charge in [0.25, 0.3) is 11.5 Å². The fourth-order valence-electron chi connectivity index (χ4n) is 5.77. The van der Waals surface area contributed by atoms with Gasteiger partial charge in [0.2, 0.25) is 5.91 Å². The number of nitrogens with zero attached hydrogens (tertiary/aromatic N) is 4. The van der Waals surface area contributed by atoms with Crippen molar-refractivity contribution in [3.63, 3.8) is 0 Å². The van der Waals surface area contributed by atoms with Gasteiger partial charge in [0.1, 0.15) is 4.83 Å². The number of aromatic nitrogens is 2. The van der Waals surface area contributed by atoms with Gasteiger partial charge in [0, 0.05) is 51.2 Å². The van der Waals surface area contributed by atoms with Crippen LogP contribution < -0.4 is 5.56 Å². The molecule has 0 unspecified atom stereocenters. The number of hydrogen-bond acceptors (Lipinski definition) is 6. The molecule has 2 saturated heterocycles. The molecule has 1 N–H and O–H groups in total. The summed E-state index contributed by atoms with van der Waals surface area (Å²) in [5.74, 6) is 0.212. The Kier molecular flexibility index (Phi) is 6.51. The van der Waals surface area contributed by atoms with Gasteiger partial charge in [-0.3, -0.25) is 19.3 Å². The van der Waals surface area contributed by atoms with Crippen molar-refractivity contribution in [3.05, 3.63) is 27.1 Å². The maximum Gasteiger partial charge on any atom is 0.264 e. The fourth-order valence-corrected chi connectivity index (χ4v) is 6.89. The molecule has 8 nitrogen and oxygen atoms in total. The van der Waals surface area contributed by atoms with Gasteiger partial charge >= 0.3 is 0 Å². The van der Waals surface area contributed by atoms with Gasteiger partial charge in [0.05, 0.1) is 16.6 Å². The number of carbonyl (C=O) groups excluding carboxylic acids is 2. The molecule has 1 saturated carbocycles. The number of aromatic amines is 1. The molecule has 2 aliphatic heterocycles. The van der Waals surface area contributed by atoms with Crippen molar-refractivity contribution in [2.24, 2.45) is 5.92 Å². The van der Waals surface area contributed by atoms with Crippen LogP contribution in [0.15, 0.2) is 11.1 Å². The van der Waals surface area contributed by atoms with Gasteiger partial charge in [0.15, 0.2) is 0 Å². The number of piperidine rings is 1. The molecule has 0 radical (unpaired) electrons. The number of amides is 2. The summed E-state index contributed by atoms with van der Waals surface area (Å²) in [6, 6.07) is 0.716. The van der Waals surface area contributed by atoms with Crippen LogP contribution in [-0.2, 0) is 4.79 Å².